The van der Waals surface area contributed by atoms with Crippen LogP contribution in [0.5, 0.6) is 0 Å². The van der Waals surface area contributed by atoms with Gasteiger partial charge < -0.3 is 10.4 Å². The van der Waals surface area contributed by atoms with Crippen LogP contribution in [0, 0.1) is 0 Å². The molecule has 1 radical (unpaired) electrons. The molecule has 2 N–H and O–H groups in total. The Morgan fingerprint density at radius 1 is 0.765 bits per heavy atom. The second-order valence-electron chi connectivity index (χ2n) is 2.77. The molecule has 0 aliphatic carbocycles. The van der Waals surface area contributed by atoms with Crippen LogP contribution in [0.4, 0.5) is 0 Å². The molecule has 6 nitrogen and oxygen atoms in total. The summed E-state index contributed by atoms with van der Waals surface area (Å²) in [5.41, 5.74) is -0.819. The van der Waals surface area contributed by atoms with E-state index in [2.05, 4.69) is 0 Å². The van der Waals surface area contributed by atoms with Gasteiger partial charge in [0.25, 0.3) is 11.1 Å². The van der Waals surface area contributed by atoms with Crippen molar-refractivity contribution in [2.24, 2.45) is 0 Å². The molecule has 2 heterocycles. The topological polar surface area (TPSA) is 84.5 Å². The Labute approximate surface area is 107 Å². The van der Waals surface area contributed by atoms with Crippen LogP contribution in [0.25, 0.3) is 0 Å². The predicted molar refractivity (Wildman–Crippen MR) is 55.8 cm³/mol. The number of nitrogens with zero attached hydrogens (tertiary/aromatic N) is 2. The number of aromatic nitrogens is 2. The average molecular weight is 286 g/mol. The van der Waals surface area contributed by atoms with E-state index < -0.39 is 11.1 Å². The van der Waals surface area contributed by atoms with E-state index in [0.29, 0.717) is 9.46 Å². The summed E-state index contributed by atoms with van der Waals surface area (Å²) >= 11 is 0. The van der Waals surface area contributed by atoms with E-state index in [1.807, 2.05) is 0 Å². The van der Waals surface area contributed by atoms with E-state index in [4.69, 9.17) is 10.4 Å². The fourth-order valence-corrected chi connectivity index (χ4v) is 0.838. The molecule has 0 unspecified atom stereocenters. The number of hydrogen-bond donors (Lipinski definition) is 2. The van der Waals surface area contributed by atoms with Crippen molar-refractivity contribution in [3.63, 3.8) is 0 Å². The fourth-order valence-electron chi connectivity index (χ4n) is 0.838. The number of hydrogen-bond acceptors (Lipinski definition) is 4. The van der Waals surface area contributed by atoms with Crippen LogP contribution in [0.3, 0.4) is 0 Å². The molecule has 0 saturated heterocycles. The van der Waals surface area contributed by atoms with Crippen molar-refractivity contribution in [2.45, 2.75) is 0 Å². The van der Waals surface area contributed by atoms with Gasteiger partial charge in [-0.05, 0) is 12.1 Å². The summed E-state index contributed by atoms with van der Waals surface area (Å²) in [5, 5.41) is 17.0. The summed E-state index contributed by atoms with van der Waals surface area (Å²) in [4.78, 5) is 20.7. The van der Waals surface area contributed by atoms with Crippen LogP contribution in [0.15, 0.2) is 58.4 Å². The molecule has 2 aromatic heterocycles. The first-order valence-corrected chi connectivity index (χ1v) is 4.35. The molecule has 0 saturated carbocycles. The Kier molecular flexibility index (Phi) is 6.47. The van der Waals surface area contributed by atoms with Gasteiger partial charge in [-0.15, -0.1) is 0 Å². The Morgan fingerprint density at radius 3 is 1.29 bits per heavy atom. The maximum absolute atomic E-state index is 10.3. The monoisotopic (exact) mass is 285 g/mol. The zero-order valence-corrected chi connectivity index (χ0v) is 9.47. The van der Waals surface area contributed by atoms with Crippen LogP contribution in [0.1, 0.15) is 0 Å². The third kappa shape index (κ3) is 5.05. The molecule has 17 heavy (non-hydrogen) atoms. The third-order valence-electron chi connectivity index (χ3n) is 1.61. The van der Waals surface area contributed by atoms with Crippen LogP contribution in [-0.4, -0.2) is 19.9 Å². The molecule has 0 aromatic carbocycles. The Morgan fingerprint density at radius 2 is 1.12 bits per heavy atom. The van der Waals surface area contributed by atoms with Gasteiger partial charge >= 0.3 is 17.1 Å². The zero-order valence-electron chi connectivity index (χ0n) is 8.53. The molecule has 2 rings (SSSR count). The second kappa shape index (κ2) is 7.32. The van der Waals surface area contributed by atoms with Crippen molar-refractivity contribution < 1.29 is 27.5 Å². The van der Waals surface area contributed by atoms with Gasteiger partial charge in [-0.2, -0.15) is 9.46 Å². The van der Waals surface area contributed by atoms with Crippen molar-refractivity contribution in [3.8, 4) is 0 Å². The molecule has 0 amide bonds. The largest absolute Gasteiger partial charge is 2.00 e. The maximum atomic E-state index is 10.3. The summed E-state index contributed by atoms with van der Waals surface area (Å²) in [6.45, 7) is 0. The van der Waals surface area contributed by atoms with Crippen LogP contribution in [0.2, 0.25) is 0 Å². The molecule has 93 valence electrons. The standard InChI is InChI=1S/2C5H5NO2.Cu/c2*7-5-3-1-2-4-6(5)8;/h2*1-4,8H;/q;;+2. The summed E-state index contributed by atoms with van der Waals surface area (Å²) < 4.78 is 1.06. The molecule has 2 aromatic rings. The van der Waals surface area contributed by atoms with Gasteiger partial charge in [0.1, 0.15) is 0 Å². The van der Waals surface area contributed by atoms with Gasteiger partial charge in [0, 0.05) is 24.5 Å². The summed E-state index contributed by atoms with van der Waals surface area (Å²) in [6.07, 6.45) is 2.56. The quantitative estimate of drug-likeness (QED) is 0.534. The first-order valence-electron chi connectivity index (χ1n) is 4.35. The first-order chi connectivity index (χ1) is 7.61. The van der Waals surface area contributed by atoms with Gasteiger partial charge in [0.2, 0.25) is 0 Å². The van der Waals surface area contributed by atoms with Gasteiger partial charge in [0.05, 0.1) is 0 Å². The second-order valence-corrected chi connectivity index (χ2v) is 2.77. The van der Waals surface area contributed by atoms with Crippen molar-refractivity contribution >= 4 is 0 Å². The minimum atomic E-state index is -0.410. The third-order valence-corrected chi connectivity index (χ3v) is 1.61. The summed E-state index contributed by atoms with van der Waals surface area (Å²) in [7, 11) is 0. The molecule has 0 aliphatic heterocycles. The van der Waals surface area contributed by atoms with Gasteiger partial charge in [-0.1, -0.05) is 12.1 Å². The SMILES string of the molecule is O=c1ccccn1O.O=c1ccccn1O.[Cu+2]. The van der Waals surface area contributed by atoms with Gasteiger partial charge in [0.15, 0.2) is 0 Å². The van der Waals surface area contributed by atoms with E-state index >= 15 is 0 Å². The Hall–Kier alpha value is -1.98. The molecule has 7 heteroatoms. The van der Waals surface area contributed by atoms with Crippen molar-refractivity contribution in [1.82, 2.24) is 9.46 Å². The fraction of sp³-hybridized carbons (Fsp3) is 0. The van der Waals surface area contributed by atoms with Crippen LogP contribution < -0.4 is 11.1 Å². The molecule has 0 aliphatic rings. The molecule has 0 bridgehead atoms. The van der Waals surface area contributed by atoms with Crippen LogP contribution in [-0.2, 0) is 17.1 Å². The van der Waals surface area contributed by atoms with Gasteiger partial charge in [-0.25, -0.2) is 0 Å². The van der Waals surface area contributed by atoms with Crippen molar-refractivity contribution in [3.05, 3.63) is 69.5 Å². The Balaban J connectivity index is 0.000000284. The normalized spacial score (nSPS) is 8.47. The maximum Gasteiger partial charge on any atom is 2.00 e. The number of pyridine rings is 2. The summed E-state index contributed by atoms with van der Waals surface area (Å²) in [5.74, 6) is 0. The van der Waals surface area contributed by atoms with E-state index in [1.165, 1.54) is 24.5 Å². The molecule has 0 fully saturated rings. The first kappa shape index (κ1) is 15.0. The van der Waals surface area contributed by atoms with E-state index in [9.17, 15) is 9.59 Å². The molecular weight excluding hydrogens is 276 g/mol. The molecule has 0 spiro atoms. The number of rotatable bonds is 0. The van der Waals surface area contributed by atoms with E-state index in [-0.39, 0.29) is 17.1 Å². The van der Waals surface area contributed by atoms with Crippen molar-refractivity contribution in [1.29, 1.82) is 0 Å². The average Bonchev–Trinajstić information content (AvgIpc) is 2.28. The molecular formula is C10H10CuN2O4+2. The molecule has 0 atom stereocenters. The minimum absolute atomic E-state index is 0. The smallest absolute Gasteiger partial charge is 0.425 e. The van der Waals surface area contributed by atoms with E-state index in [1.54, 1.807) is 24.3 Å². The predicted octanol–water partition coefficient (Wildman–Crippen LogP) is 0.169. The van der Waals surface area contributed by atoms with E-state index in [0.717, 1.165) is 0 Å². The summed E-state index contributed by atoms with van der Waals surface area (Å²) in [6, 6.07) is 8.83. The van der Waals surface area contributed by atoms with Crippen LogP contribution >= 0.6 is 0 Å². The zero-order chi connectivity index (χ0) is 12.0. The minimum Gasteiger partial charge on any atom is -0.425 e. The van der Waals surface area contributed by atoms with Gasteiger partial charge in [-0.3, -0.25) is 9.59 Å². The Bertz CT molecular complexity index is 513. The van der Waals surface area contributed by atoms with Crippen molar-refractivity contribution in [2.75, 3.05) is 0 Å².